The van der Waals surface area contributed by atoms with E-state index in [1.54, 1.807) is 40.9 Å². The van der Waals surface area contributed by atoms with Crippen LogP contribution < -0.4 is 10.9 Å². The Balaban J connectivity index is 1.67. The Kier molecular flexibility index (Phi) is 4.54. The summed E-state index contributed by atoms with van der Waals surface area (Å²) in [6, 6.07) is 8.13. The van der Waals surface area contributed by atoms with Gasteiger partial charge in [-0.1, -0.05) is 18.2 Å². The Morgan fingerprint density at radius 1 is 1.30 bits per heavy atom. The van der Waals surface area contributed by atoms with E-state index in [-0.39, 0.29) is 17.6 Å². The maximum Gasteiger partial charge on any atom is 0.260 e. The summed E-state index contributed by atoms with van der Waals surface area (Å²) in [5, 5.41) is 4.23. The number of aromatic amines is 1. The van der Waals surface area contributed by atoms with Gasteiger partial charge in [-0.15, -0.1) is 11.8 Å². The molecule has 1 aromatic carbocycles. The van der Waals surface area contributed by atoms with Gasteiger partial charge in [0.15, 0.2) is 11.5 Å². The number of nitrogens with zero attached hydrogens (tertiary/aromatic N) is 4. The number of hydrogen-bond donors (Lipinski definition) is 2. The molecule has 2 atom stereocenters. The summed E-state index contributed by atoms with van der Waals surface area (Å²) in [5.41, 5.74) is 2.45. The van der Waals surface area contributed by atoms with Crippen LogP contribution in [0.2, 0.25) is 0 Å². The minimum Gasteiger partial charge on any atom is -0.362 e. The molecule has 0 spiro atoms. The number of imidazole rings is 1. The number of pyridine rings is 1. The highest BCUT2D eigenvalue weighted by Gasteiger charge is 2.28. The second kappa shape index (κ2) is 7.24. The monoisotopic (exact) mass is 422 g/mol. The number of benzene rings is 1. The van der Waals surface area contributed by atoms with Gasteiger partial charge in [-0.05, 0) is 31.5 Å². The summed E-state index contributed by atoms with van der Waals surface area (Å²) >= 11 is 1.64. The second-order valence-corrected chi connectivity index (χ2v) is 8.36. The van der Waals surface area contributed by atoms with E-state index < -0.39 is 5.82 Å². The van der Waals surface area contributed by atoms with E-state index >= 15 is 0 Å². The topological polar surface area (TPSA) is 88.5 Å². The molecule has 2 N–H and O–H groups in total. The molecule has 30 heavy (non-hydrogen) atoms. The molecule has 0 bridgehead atoms. The maximum atomic E-state index is 14.7. The SMILES string of the molecule is CC(Nc1ncnc2[nH]cnc12)c1cc2n(c(=O)c1-c1ccccc1F)C(C)CS2. The molecular formula is C21H19FN6OS. The van der Waals surface area contributed by atoms with Crippen molar-refractivity contribution in [2.24, 2.45) is 0 Å². The summed E-state index contributed by atoms with van der Waals surface area (Å²) in [6.45, 7) is 3.94. The summed E-state index contributed by atoms with van der Waals surface area (Å²) < 4.78 is 16.5. The predicted molar refractivity (Wildman–Crippen MR) is 115 cm³/mol. The highest BCUT2D eigenvalue weighted by molar-refractivity contribution is 7.99. The van der Waals surface area contributed by atoms with Crippen molar-refractivity contribution in [3.8, 4) is 11.1 Å². The lowest BCUT2D eigenvalue weighted by atomic mass is 9.96. The number of hydrogen-bond acceptors (Lipinski definition) is 6. The Morgan fingerprint density at radius 2 is 2.13 bits per heavy atom. The lowest BCUT2D eigenvalue weighted by Gasteiger charge is -2.21. The molecule has 0 saturated heterocycles. The summed E-state index contributed by atoms with van der Waals surface area (Å²) in [5.74, 6) is 0.949. The van der Waals surface area contributed by atoms with Gasteiger partial charge in [0.05, 0.1) is 23.0 Å². The van der Waals surface area contributed by atoms with Gasteiger partial charge in [0.1, 0.15) is 17.7 Å². The maximum absolute atomic E-state index is 14.7. The Morgan fingerprint density at radius 3 is 2.97 bits per heavy atom. The first-order valence-electron chi connectivity index (χ1n) is 9.62. The molecule has 1 aliphatic heterocycles. The van der Waals surface area contributed by atoms with Crippen LogP contribution in [0, 0.1) is 5.82 Å². The highest BCUT2D eigenvalue weighted by Crippen LogP contribution is 2.37. The zero-order valence-electron chi connectivity index (χ0n) is 16.4. The molecular weight excluding hydrogens is 403 g/mol. The predicted octanol–water partition coefficient (Wildman–Crippen LogP) is 4.16. The number of halogens is 1. The van der Waals surface area contributed by atoms with Crippen LogP contribution in [0.15, 0.2) is 52.8 Å². The minimum atomic E-state index is -0.418. The molecule has 7 nitrogen and oxygen atoms in total. The molecule has 2 unspecified atom stereocenters. The minimum absolute atomic E-state index is 0.0610. The van der Waals surface area contributed by atoms with Crippen LogP contribution in [0.3, 0.4) is 0 Å². The average molecular weight is 422 g/mol. The fourth-order valence-corrected chi connectivity index (χ4v) is 5.03. The average Bonchev–Trinajstić information content (AvgIpc) is 3.36. The molecule has 0 radical (unpaired) electrons. The number of thioether (sulfide) groups is 1. The van der Waals surface area contributed by atoms with Crippen LogP contribution in [0.5, 0.6) is 0 Å². The third-order valence-electron chi connectivity index (χ3n) is 5.33. The summed E-state index contributed by atoms with van der Waals surface area (Å²) in [4.78, 5) is 29.2. The molecule has 4 heterocycles. The van der Waals surface area contributed by atoms with Gasteiger partial charge < -0.3 is 10.3 Å². The Bertz CT molecular complexity index is 1320. The number of nitrogens with one attached hydrogen (secondary N) is 2. The van der Waals surface area contributed by atoms with Crippen LogP contribution in [0.1, 0.15) is 31.5 Å². The molecule has 152 valence electrons. The smallest absolute Gasteiger partial charge is 0.260 e. The van der Waals surface area contributed by atoms with Gasteiger partial charge in [-0.25, -0.2) is 19.3 Å². The second-order valence-electron chi connectivity index (χ2n) is 7.32. The van der Waals surface area contributed by atoms with Gasteiger partial charge in [0.2, 0.25) is 0 Å². The fourth-order valence-electron chi connectivity index (χ4n) is 3.86. The largest absolute Gasteiger partial charge is 0.362 e. The number of fused-ring (bicyclic) bond motifs is 2. The molecule has 0 aliphatic carbocycles. The van der Waals surface area contributed by atoms with Crippen LogP contribution in [-0.4, -0.2) is 30.3 Å². The van der Waals surface area contributed by atoms with Crippen molar-refractivity contribution in [1.82, 2.24) is 24.5 Å². The first-order chi connectivity index (χ1) is 14.5. The zero-order chi connectivity index (χ0) is 20.8. The van der Waals surface area contributed by atoms with Crippen molar-refractivity contribution >= 4 is 28.7 Å². The number of anilines is 1. The lowest BCUT2D eigenvalue weighted by molar-refractivity contribution is 0.561. The van der Waals surface area contributed by atoms with E-state index in [0.717, 1.165) is 16.3 Å². The normalized spacial score (nSPS) is 16.6. The van der Waals surface area contributed by atoms with E-state index in [1.807, 2.05) is 19.9 Å². The first-order valence-corrected chi connectivity index (χ1v) is 10.6. The van der Waals surface area contributed by atoms with Gasteiger partial charge in [-0.3, -0.25) is 9.36 Å². The van der Waals surface area contributed by atoms with Crippen LogP contribution in [-0.2, 0) is 0 Å². The van der Waals surface area contributed by atoms with Crippen molar-refractivity contribution in [1.29, 1.82) is 0 Å². The number of rotatable bonds is 4. The Hall–Kier alpha value is -3.20. The molecule has 4 aromatic rings. The molecule has 0 saturated carbocycles. The van der Waals surface area contributed by atoms with Gasteiger partial charge in [-0.2, -0.15) is 0 Å². The molecule has 5 rings (SSSR count). The zero-order valence-corrected chi connectivity index (χ0v) is 17.2. The molecule has 3 aromatic heterocycles. The van der Waals surface area contributed by atoms with E-state index in [4.69, 9.17) is 0 Å². The van der Waals surface area contributed by atoms with Crippen molar-refractivity contribution in [3.63, 3.8) is 0 Å². The van der Waals surface area contributed by atoms with Gasteiger partial charge in [0, 0.05) is 17.4 Å². The summed E-state index contributed by atoms with van der Waals surface area (Å²) in [6.07, 6.45) is 3.00. The van der Waals surface area contributed by atoms with E-state index in [2.05, 4.69) is 25.3 Å². The van der Waals surface area contributed by atoms with Crippen LogP contribution >= 0.6 is 11.8 Å². The van der Waals surface area contributed by atoms with E-state index in [0.29, 0.717) is 28.1 Å². The van der Waals surface area contributed by atoms with Crippen molar-refractivity contribution in [2.45, 2.75) is 31.0 Å². The summed E-state index contributed by atoms with van der Waals surface area (Å²) in [7, 11) is 0. The fraction of sp³-hybridized carbons (Fsp3) is 0.238. The third kappa shape index (κ3) is 2.97. The molecule has 0 amide bonds. The van der Waals surface area contributed by atoms with E-state index in [1.165, 1.54) is 12.4 Å². The third-order valence-corrected chi connectivity index (χ3v) is 6.59. The lowest BCUT2D eigenvalue weighted by Crippen LogP contribution is -2.26. The first kappa shape index (κ1) is 18.8. The van der Waals surface area contributed by atoms with E-state index in [9.17, 15) is 9.18 Å². The number of H-pyrrole nitrogens is 1. The van der Waals surface area contributed by atoms with Gasteiger partial charge >= 0.3 is 0 Å². The van der Waals surface area contributed by atoms with Crippen molar-refractivity contribution in [2.75, 3.05) is 11.1 Å². The highest BCUT2D eigenvalue weighted by atomic mass is 32.2. The quantitative estimate of drug-likeness (QED) is 0.513. The molecule has 9 heteroatoms. The molecule has 0 fully saturated rings. The number of aromatic nitrogens is 5. The standard InChI is InChI=1S/C21H19FN6OS/c1-11-8-30-16-7-14(12(2)27-20-18-19(24-9-23-18)25-10-26-20)17(21(29)28(11)16)13-5-3-4-6-15(13)22/h3-7,9-12H,8H2,1-2H3,(H2,23,24,25,26,27). The van der Waals surface area contributed by atoms with Crippen LogP contribution in [0.4, 0.5) is 10.2 Å². The molecule has 1 aliphatic rings. The van der Waals surface area contributed by atoms with Gasteiger partial charge in [0.25, 0.3) is 5.56 Å². The van der Waals surface area contributed by atoms with Crippen LogP contribution in [0.25, 0.3) is 22.3 Å². The Labute approximate surface area is 175 Å². The van der Waals surface area contributed by atoms with Crippen molar-refractivity contribution in [3.05, 3.63) is 64.7 Å². The van der Waals surface area contributed by atoms with Crippen molar-refractivity contribution < 1.29 is 4.39 Å².